The zero-order chi connectivity index (χ0) is 11.4. The van der Waals surface area contributed by atoms with Crippen LogP contribution in [0.4, 0.5) is 0 Å². The molecule has 0 radical (unpaired) electrons. The Labute approximate surface area is 92.8 Å². The molecule has 4 heteroatoms. The van der Waals surface area contributed by atoms with Crippen molar-refractivity contribution in [1.82, 2.24) is 10.6 Å². The number of hydrogen-bond acceptors (Lipinski definition) is 3. The molecule has 1 amide bonds. The molecule has 0 spiro atoms. The first kappa shape index (κ1) is 14.4. The molecule has 0 unspecified atom stereocenters. The summed E-state index contributed by atoms with van der Waals surface area (Å²) >= 11 is 0. The van der Waals surface area contributed by atoms with Crippen molar-refractivity contribution in [1.29, 1.82) is 0 Å². The van der Waals surface area contributed by atoms with E-state index in [1.807, 2.05) is 6.92 Å². The van der Waals surface area contributed by atoms with Crippen LogP contribution in [0.5, 0.6) is 0 Å². The fourth-order valence-corrected chi connectivity index (χ4v) is 1.14. The third-order valence-corrected chi connectivity index (χ3v) is 1.93. The highest BCUT2D eigenvalue weighted by atomic mass is 16.5. The van der Waals surface area contributed by atoms with Gasteiger partial charge in [0.15, 0.2) is 0 Å². The van der Waals surface area contributed by atoms with Crippen molar-refractivity contribution in [3.8, 4) is 0 Å². The van der Waals surface area contributed by atoms with Crippen LogP contribution in [0.1, 0.15) is 33.1 Å². The number of ether oxygens (including phenoxy) is 1. The fourth-order valence-electron chi connectivity index (χ4n) is 1.14. The quantitative estimate of drug-likeness (QED) is 0.534. The summed E-state index contributed by atoms with van der Waals surface area (Å²) in [5.74, 6) is -0.00750. The van der Waals surface area contributed by atoms with Gasteiger partial charge in [-0.3, -0.25) is 4.79 Å². The lowest BCUT2D eigenvalue weighted by Gasteiger charge is -2.05. The van der Waals surface area contributed by atoms with Crippen molar-refractivity contribution in [3.63, 3.8) is 0 Å². The summed E-state index contributed by atoms with van der Waals surface area (Å²) in [5, 5.41) is 6.07. The molecule has 0 aliphatic heterocycles. The second kappa shape index (κ2) is 11.5. The van der Waals surface area contributed by atoms with E-state index in [2.05, 4.69) is 17.6 Å². The van der Waals surface area contributed by atoms with Crippen LogP contribution >= 0.6 is 0 Å². The number of unbranched alkanes of at least 4 members (excludes halogenated alkanes) is 1. The molecule has 2 N–H and O–H groups in total. The predicted octanol–water partition coefficient (Wildman–Crippen LogP) is 0.919. The predicted molar refractivity (Wildman–Crippen MR) is 61.9 cm³/mol. The Balaban J connectivity index is 3.10. The van der Waals surface area contributed by atoms with Crippen LogP contribution in [-0.4, -0.2) is 38.8 Å². The molecular formula is C11H24N2O2. The molecule has 0 aliphatic rings. The Morgan fingerprint density at radius 1 is 1.20 bits per heavy atom. The van der Waals surface area contributed by atoms with Crippen LogP contribution in [-0.2, 0) is 9.53 Å². The first-order valence-electron chi connectivity index (χ1n) is 5.86. The van der Waals surface area contributed by atoms with Crippen LogP contribution in [0.25, 0.3) is 0 Å². The Kier molecular flexibility index (Phi) is 11.0. The van der Waals surface area contributed by atoms with Crippen LogP contribution in [0.3, 0.4) is 0 Å². The molecule has 0 heterocycles. The van der Waals surface area contributed by atoms with Gasteiger partial charge in [-0.25, -0.2) is 0 Å². The van der Waals surface area contributed by atoms with Crippen LogP contribution in [0.2, 0.25) is 0 Å². The standard InChI is InChI=1S/C11H24N2O2/c1-3-9-15-10-11(14)13-8-6-5-7-12-4-2/h12H,3-10H2,1-2H3,(H,13,14). The molecule has 90 valence electrons. The largest absolute Gasteiger partial charge is 0.372 e. The highest BCUT2D eigenvalue weighted by Gasteiger charge is 1.99. The molecule has 4 nitrogen and oxygen atoms in total. The summed E-state index contributed by atoms with van der Waals surface area (Å²) in [4.78, 5) is 11.2. The van der Waals surface area contributed by atoms with Gasteiger partial charge in [0, 0.05) is 13.2 Å². The molecule has 0 saturated heterocycles. The van der Waals surface area contributed by atoms with E-state index in [-0.39, 0.29) is 12.5 Å². The van der Waals surface area contributed by atoms with E-state index in [9.17, 15) is 4.79 Å². The van der Waals surface area contributed by atoms with Crippen molar-refractivity contribution >= 4 is 5.91 Å². The van der Waals surface area contributed by atoms with Crippen molar-refractivity contribution in [2.24, 2.45) is 0 Å². The maximum Gasteiger partial charge on any atom is 0.245 e. The average Bonchev–Trinajstić information content (AvgIpc) is 2.23. The zero-order valence-electron chi connectivity index (χ0n) is 9.97. The molecule has 0 rings (SSSR count). The Morgan fingerprint density at radius 3 is 2.60 bits per heavy atom. The third kappa shape index (κ3) is 11.3. The lowest BCUT2D eigenvalue weighted by atomic mass is 10.3. The average molecular weight is 216 g/mol. The van der Waals surface area contributed by atoms with E-state index in [1.54, 1.807) is 0 Å². The molecule has 0 aromatic rings. The summed E-state index contributed by atoms with van der Waals surface area (Å²) < 4.78 is 5.12. The van der Waals surface area contributed by atoms with Gasteiger partial charge in [-0.2, -0.15) is 0 Å². The maximum absolute atomic E-state index is 11.2. The van der Waals surface area contributed by atoms with E-state index in [4.69, 9.17) is 4.74 Å². The first-order chi connectivity index (χ1) is 7.31. The summed E-state index contributed by atoms with van der Waals surface area (Å²) in [6, 6.07) is 0. The monoisotopic (exact) mass is 216 g/mol. The molecule has 0 atom stereocenters. The van der Waals surface area contributed by atoms with Crippen molar-refractivity contribution in [3.05, 3.63) is 0 Å². The SMILES string of the molecule is CCCOCC(=O)NCCCCNCC. The minimum absolute atomic E-state index is 0.00750. The molecule has 0 bridgehead atoms. The second-order valence-corrected chi connectivity index (χ2v) is 3.46. The summed E-state index contributed by atoms with van der Waals surface area (Å²) in [5.41, 5.74) is 0. The summed E-state index contributed by atoms with van der Waals surface area (Å²) in [7, 11) is 0. The second-order valence-electron chi connectivity index (χ2n) is 3.46. The van der Waals surface area contributed by atoms with E-state index in [1.165, 1.54) is 0 Å². The first-order valence-corrected chi connectivity index (χ1v) is 5.86. The van der Waals surface area contributed by atoms with Gasteiger partial charge < -0.3 is 15.4 Å². The van der Waals surface area contributed by atoms with E-state index in [0.29, 0.717) is 6.61 Å². The smallest absolute Gasteiger partial charge is 0.245 e. The maximum atomic E-state index is 11.2. The van der Waals surface area contributed by atoms with Gasteiger partial charge in [-0.15, -0.1) is 0 Å². The Hall–Kier alpha value is -0.610. The Morgan fingerprint density at radius 2 is 1.93 bits per heavy atom. The molecule has 15 heavy (non-hydrogen) atoms. The van der Waals surface area contributed by atoms with Gasteiger partial charge in [0.05, 0.1) is 0 Å². The minimum atomic E-state index is -0.00750. The number of amides is 1. The molecule has 0 fully saturated rings. The van der Waals surface area contributed by atoms with Crippen molar-refractivity contribution in [2.75, 3.05) is 32.8 Å². The van der Waals surface area contributed by atoms with Gasteiger partial charge in [0.1, 0.15) is 6.61 Å². The number of nitrogens with one attached hydrogen (secondary N) is 2. The zero-order valence-corrected chi connectivity index (χ0v) is 9.97. The topological polar surface area (TPSA) is 50.4 Å². The van der Waals surface area contributed by atoms with Crippen LogP contribution < -0.4 is 10.6 Å². The number of hydrogen-bond donors (Lipinski definition) is 2. The fraction of sp³-hybridized carbons (Fsp3) is 0.909. The molecular weight excluding hydrogens is 192 g/mol. The van der Waals surface area contributed by atoms with Gasteiger partial charge in [-0.05, 0) is 32.4 Å². The highest BCUT2D eigenvalue weighted by molar-refractivity contribution is 5.77. The summed E-state index contributed by atoms with van der Waals surface area (Å²) in [6.07, 6.45) is 3.08. The number of carbonyl (C=O) groups is 1. The third-order valence-electron chi connectivity index (χ3n) is 1.93. The lowest BCUT2D eigenvalue weighted by molar-refractivity contribution is -0.125. The van der Waals surface area contributed by atoms with Crippen LogP contribution in [0.15, 0.2) is 0 Å². The minimum Gasteiger partial charge on any atom is -0.372 e. The van der Waals surface area contributed by atoms with Gasteiger partial charge >= 0.3 is 0 Å². The molecule has 0 saturated carbocycles. The van der Waals surface area contributed by atoms with Crippen molar-refractivity contribution in [2.45, 2.75) is 33.1 Å². The van der Waals surface area contributed by atoms with Gasteiger partial charge in [0.25, 0.3) is 0 Å². The highest BCUT2D eigenvalue weighted by Crippen LogP contribution is 1.85. The number of carbonyl (C=O) groups excluding carboxylic acids is 1. The molecule has 0 aliphatic carbocycles. The van der Waals surface area contributed by atoms with Gasteiger partial charge in [0.2, 0.25) is 5.91 Å². The molecule has 0 aromatic heterocycles. The van der Waals surface area contributed by atoms with E-state index >= 15 is 0 Å². The van der Waals surface area contributed by atoms with Gasteiger partial charge in [-0.1, -0.05) is 13.8 Å². The van der Waals surface area contributed by atoms with Crippen molar-refractivity contribution < 1.29 is 9.53 Å². The molecule has 0 aromatic carbocycles. The summed E-state index contributed by atoms with van der Waals surface area (Å²) in [6.45, 7) is 7.76. The number of rotatable bonds is 10. The van der Waals surface area contributed by atoms with E-state index in [0.717, 1.165) is 38.9 Å². The van der Waals surface area contributed by atoms with E-state index < -0.39 is 0 Å². The van der Waals surface area contributed by atoms with Crippen LogP contribution in [0, 0.1) is 0 Å². The lowest BCUT2D eigenvalue weighted by Crippen LogP contribution is -2.29. The normalized spacial score (nSPS) is 10.3. The Bertz CT molecular complexity index is 152.